The summed E-state index contributed by atoms with van der Waals surface area (Å²) in [6.45, 7) is 2.09. The molecule has 3 aromatic rings. The molecule has 0 saturated carbocycles. The number of nitrogens with zero attached hydrogens (tertiary/aromatic N) is 2. The van der Waals surface area contributed by atoms with Gasteiger partial charge in [0.05, 0.1) is 0 Å². The topological polar surface area (TPSA) is 71.4 Å². The van der Waals surface area contributed by atoms with Gasteiger partial charge in [0.15, 0.2) is 0 Å². The minimum atomic E-state index is -2.14. The van der Waals surface area contributed by atoms with E-state index >= 15 is 0 Å². The molecule has 1 atom stereocenters. The molecule has 2 aromatic carbocycles. The van der Waals surface area contributed by atoms with E-state index < -0.39 is 26.0 Å². The van der Waals surface area contributed by atoms with Gasteiger partial charge < -0.3 is 0 Å². The van der Waals surface area contributed by atoms with Crippen LogP contribution in [0.15, 0.2) is 72.0 Å². The van der Waals surface area contributed by atoms with Crippen LogP contribution in [0.2, 0.25) is 0 Å². The Morgan fingerprint density at radius 3 is 2.63 bits per heavy atom. The SMILES string of the molecule is Cc1cc2c3c(c1)C(c1ccccc1)=N[C@@H](NC(=O)c1ccncc1)C(=O)I3CC2. The number of aryl methyl sites for hydroxylation is 2. The Balaban J connectivity index is 1.64. The summed E-state index contributed by atoms with van der Waals surface area (Å²) >= 11 is -2.14. The van der Waals surface area contributed by atoms with Crippen LogP contribution >= 0.6 is 19.8 Å². The van der Waals surface area contributed by atoms with Gasteiger partial charge in [-0.2, -0.15) is 0 Å². The fourth-order valence-electron chi connectivity index (χ4n) is 3.94. The second-order valence-electron chi connectivity index (χ2n) is 7.35. The van der Waals surface area contributed by atoms with Crippen molar-refractivity contribution in [3.8, 4) is 0 Å². The van der Waals surface area contributed by atoms with Crippen LogP contribution < -0.4 is 5.32 Å². The number of hydrogen-bond donors (Lipinski definition) is 1. The third-order valence-electron chi connectivity index (χ3n) is 5.28. The van der Waals surface area contributed by atoms with Gasteiger partial charge in [0.25, 0.3) is 0 Å². The van der Waals surface area contributed by atoms with E-state index in [0.29, 0.717) is 5.56 Å². The van der Waals surface area contributed by atoms with Crippen molar-refractivity contribution in [3.05, 3.63) is 98.4 Å². The first kappa shape index (κ1) is 19.1. The fourth-order valence-corrected chi connectivity index (χ4v) is 10.0. The van der Waals surface area contributed by atoms with E-state index in [1.165, 1.54) is 14.7 Å². The van der Waals surface area contributed by atoms with Crippen molar-refractivity contribution in [1.82, 2.24) is 10.3 Å². The number of hydrogen-bond acceptors (Lipinski definition) is 4. The van der Waals surface area contributed by atoms with Crippen LogP contribution in [-0.2, 0) is 11.2 Å². The molecule has 5 nitrogen and oxygen atoms in total. The first-order valence-corrected chi connectivity index (χ1v) is 13.5. The second-order valence-corrected chi connectivity index (χ2v) is 12.6. The molecule has 1 aromatic heterocycles. The number of carbonyl (C=O) groups is 2. The van der Waals surface area contributed by atoms with Crippen LogP contribution in [0.3, 0.4) is 0 Å². The zero-order chi connectivity index (χ0) is 20.7. The van der Waals surface area contributed by atoms with Crippen LogP contribution in [0.25, 0.3) is 0 Å². The molecule has 2 aliphatic rings. The standard InChI is InChI=1S/C24H20IN3O2/c1-15-13-18-7-10-25-20(18)19(14-15)21(16-5-3-2-4-6-16)27-23(22(25)29)28-24(30)17-8-11-26-12-9-17/h2-6,8-9,11-14,23H,7,10H2,1H3,(H,28,30)/t23-/m0/s1. The normalized spacial score (nSPS) is 18.4. The van der Waals surface area contributed by atoms with Crippen molar-refractivity contribution in [3.63, 3.8) is 0 Å². The van der Waals surface area contributed by atoms with Crippen molar-refractivity contribution in [2.45, 2.75) is 19.5 Å². The van der Waals surface area contributed by atoms with E-state index in [-0.39, 0.29) is 9.70 Å². The zero-order valence-corrected chi connectivity index (χ0v) is 18.6. The van der Waals surface area contributed by atoms with Crippen LogP contribution in [0.1, 0.15) is 32.6 Å². The molecule has 0 saturated heterocycles. The van der Waals surface area contributed by atoms with E-state index in [1.807, 2.05) is 30.3 Å². The van der Waals surface area contributed by atoms with Gasteiger partial charge in [-0.3, -0.25) is 0 Å². The third kappa shape index (κ3) is 3.35. The van der Waals surface area contributed by atoms with E-state index in [1.54, 1.807) is 24.5 Å². The molecular formula is C24H20IN3O2. The molecule has 0 radical (unpaired) electrons. The second kappa shape index (κ2) is 7.75. The molecule has 0 fully saturated rings. The number of aliphatic imine (C=N–C) groups is 1. The fraction of sp³-hybridized carbons (Fsp3) is 0.167. The molecule has 5 rings (SSSR count). The van der Waals surface area contributed by atoms with Crippen molar-refractivity contribution in [1.29, 1.82) is 0 Å². The zero-order valence-electron chi connectivity index (χ0n) is 16.4. The summed E-state index contributed by atoms with van der Waals surface area (Å²) in [5.74, 6) is -0.302. The Hall–Kier alpha value is -2.87. The van der Waals surface area contributed by atoms with E-state index in [4.69, 9.17) is 4.99 Å². The molecule has 0 unspecified atom stereocenters. The quantitative estimate of drug-likeness (QED) is 0.332. The summed E-state index contributed by atoms with van der Waals surface area (Å²) in [5, 5.41) is 2.90. The molecular weight excluding hydrogens is 489 g/mol. The number of pyridine rings is 1. The van der Waals surface area contributed by atoms with Gasteiger partial charge in [-0.05, 0) is 0 Å². The van der Waals surface area contributed by atoms with Gasteiger partial charge in [0.1, 0.15) is 0 Å². The van der Waals surface area contributed by atoms with Gasteiger partial charge in [-0.25, -0.2) is 0 Å². The maximum absolute atomic E-state index is 13.5. The van der Waals surface area contributed by atoms with E-state index in [0.717, 1.165) is 27.7 Å². The number of rotatable bonds is 3. The predicted octanol–water partition coefficient (Wildman–Crippen LogP) is 3.76. The maximum atomic E-state index is 13.5. The first-order valence-electron chi connectivity index (χ1n) is 9.79. The predicted molar refractivity (Wildman–Crippen MR) is 125 cm³/mol. The van der Waals surface area contributed by atoms with E-state index in [9.17, 15) is 9.59 Å². The third-order valence-corrected chi connectivity index (χ3v) is 11.4. The summed E-state index contributed by atoms with van der Waals surface area (Å²) in [6.07, 6.45) is 3.22. The number of benzene rings is 2. The van der Waals surface area contributed by atoms with Gasteiger partial charge in [-0.1, -0.05) is 0 Å². The summed E-state index contributed by atoms with van der Waals surface area (Å²) in [7, 11) is 0. The number of carbonyl (C=O) groups excluding carboxylic acids is 2. The molecule has 2 aliphatic heterocycles. The average molecular weight is 509 g/mol. The molecule has 0 spiro atoms. The summed E-state index contributed by atoms with van der Waals surface area (Å²) in [4.78, 5) is 35.2. The molecule has 0 bridgehead atoms. The molecule has 3 heterocycles. The Morgan fingerprint density at radius 2 is 1.87 bits per heavy atom. The number of alkyl halides is 1. The Bertz CT molecular complexity index is 1180. The molecule has 150 valence electrons. The van der Waals surface area contributed by atoms with Crippen LogP contribution in [0.5, 0.6) is 0 Å². The van der Waals surface area contributed by atoms with Crippen molar-refractivity contribution < 1.29 is 9.59 Å². The number of nitrogens with one attached hydrogen (secondary N) is 1. The molecule has 6 heteroatoms. The van der Waals surface area contributed by atoms with Gasteiger partial charge in [0, 0.05) is 0 Å². The average Bonchev–Trinajstić information content (AvgIpc) is 3.16. The van der Waals surface area contributed by atoms with Gasteiger partial charge in [-0.15, -0.1) is 0 Å². The number of halogens is 1. The Morgan fingerprint density at radius 1 is 1.10 bits per heavy atom. The molecule has 30 heavy (non-hydrogen) atoms. The first-order chi connectivity index (χ1) is 14.6. The number of aromatic nitrogens is 1. The van der Waals surface area contributed by atoms with Crippen molar-refractivity contribution >= 4 is 35.2 Å². The van der Waals surface area contributed by atoms with Crippen molar-refractivity contribution in [2.75, 3.05) is 4.43 Å². The van der Waals surface area contributed by atoms with E-state index in [2.05, 4.69) is 29.4 Å². The summed E-state index contributed by atoms with van der Waals surface area (Å²) < 4.78 is 2.25. The monoisotopic (exact) mass is 509 g/mol. The molecule has 1 amide bonds. The van der Waals surface area contributed by atoms with Gasteiger partial charge in [0.2, 0.25) is 0 Å². The Kier molecular flexibility index (Phi) is 4.94. The minimum absolute atomic E-state index is 0.108. The summed E-state index contributed by atoms with van der Waals surface area (Å²) in [6, 6.07) is 17.6. The molecule has 0 aliphatic carbocycles. The Labute approximate surface area is 182 Å². The number of amides is 1. The van der Waals surface area contributed by atoms with Crippen LogP contribution in [-0.4, -0.2) is 31.0 Å². The summed E-state index contributed by atoms with van der Waals surface area (Å²) in [5.41, 5.74) is 5.78. The van der Waals surface area contributed by atoms with Crippen molar-refractivity contribution in [2.24, 2.45) is 4.99 Å². The molecule has 1 N–H and O–H groups in total. The van der Waals surface area contributed by atoms with Crippen LogP contribution in [0, 0.1) is 10.5 Å². The van der Waals surface area contributed by atoms with Gasteiger partial charge >= 0.3 is 182 Å². The van der Waals surface area contributed by atoms with Crippen LogP contribution in [0.4, 0.5) is 0 Å².